The first-order valence-electron chi connectivity index (χ1n) is 7.39. The predicted molar refractivity (Wildman–Crippen MR) is 90.1 cm³/mol. The van der Waals surface area contributed by atoms with Gasteiger partial charge in [0.25, 0.3) is 10.0 Å². The number of esters is 1. The molecule has 0 spiro atoms. The van der Waals surface area contributed by atoms with Gasteiger partial charge in [0.05, 0.1) is 12.0 Å². The molecular weight excluding hydrogens is 363 g/mol. The molecule has 0 fully saturated rings. The van der Waals surface area contributed by atoms with E-state index in [1.165, 1.54) is 24.3 Å². The Bertz CT molecular complexity index is 1140. The van der Waals surface area contributed by atoms with Gasteiger partial charge < -0.3 is 4.74 Å². The zero-order valence-corrected chi connectivity index (χ0v) is 14.6. The topological polar surface area (TPSA) is 95.3 Å². The average molecular weight is 376 g/mol. The van der Waals surface area contributed by atoms with Crippen molar-refractivity contribution in [3.63, 3.8) is 0 Å². The Balaban J connectivity index is 2.43. The predicted octanol–water partition coefficient (Wildman–Crippen LogP) is 2.40. The van der Waals surface area contributed by atoms with Crippen LogP contribution in [0.1, 0.15) is 27.9 Å². The van der Waals surface area contributed by atoms with Gasteiger partial charge in [0.1, 0.15) is 11.4 Å². The van der Waals surface area contributed by atoms with E-state index in [9.17, 15) is 22.4 Å². The summed E-state index contributed by atoms with van der Waals surface area (Å²) in [5.74, 6) is -2.52. The van der Waals surface area contributed by atoms with Gasteiger partial charge >= 0.3 is 5.97 Å². The monoisotopic (exact) mass is 376 g/mol. The molecule has 3 rings (SSSR count). The highest BCUT2D eigenvalue weighted by atomic mass is 32.2. The van der Waals surface area contributed by atoms with Gasteiger partial charge in [0.2, 0.25) is 0 Å². The molecule has 0 radical (unpaired) electrons. The molecular formula is C17H13FN2O5S. The van der Waals surface area contributed by atoms with Crippen molar-refractivity contribution < 1.29 is 27.1 Å². The molecule has 0 aliphatic heterocycles. The van der Waals surface area contributed by atoms with Crippen molar-refractivity contribution in [2.75, 3.05) is 7.11 Å². The van der Waals surface area contributed by atoms with Crippen molar-refractivity contribution in [2.24, 2.45) is 0 Å². The number of ether oxygens (including phenoxy) is 1. The number of halogens is 1. The van der Waals surface area contributed by atoms with Crippen molar-refractivity contribution in [3.05, 3.63) is 59.7 Å². The normalized spacial score (nSPS) is 11.5. The number of nitrogens with zero attached hydrogens (tertiary/aromatic N) is 2. The molecule has 26 heavy (non-hydrogen) atoms. The van der Waals surface area contributed by atoms with E-state index in [-0.39, 0.29) is 21.6 Å². The van der Waals surface area contributed by atoms with Crippen LogP contribution >= 0.6 is 0 Å². The van der Waals surface area contributed by atoms with E-state index in [1.807, 2.05) is 0 Å². The molecule has 2 aromatic heterocycles. The van der Waals surface area contributed by atoms with Crippen LogP contribution in [0.5, 0.6) is 0 Å². The maximum Gasteiger partial charge on any atom is 0.355 e. The second-order valence-corrected chi connectivity index (χ2v) is 7.18. The number of pyridine rings is 1. The molecule has 0 unspecified atom stereocenters. The Hall–Kier alpha value is -3.07. The summed E-state index contributed by atoms with van der Waals surface area (Å²) < 4.78 is 45.5. The number of carbonyl (C=O) groups is 2. The first kappa shape index (κ1) is 17.7. The maximum atomic E-state index is 14.1. The summed E-state index contributed by atoms with van der Waals surface area (Å²) in [6.07, 6.45) is 0. The van der Waals surface area contributed by atoms with Gasteiger partial charge in [-0.1, -0.05) is 18.2 Å². The van der Waals surface area contributed by atoms with E-state index in [4.69, 9.17) is 0 Å². The average Bonchev–Trinajstić information content (AvgIpc) is 2.99. The number of hydrogen-bond donors (Lipinski definition) is 0. The van der Waals surface area contributed by atoms with Gasteiger partial charge in [-0.25, -0.2) is 26.6 Å². The number of hydrogen-bond acceptors (Lipinski definition) is 6. The molecule has 0 amide bonds. The summed E-state index contributed by atoms with van der Waals surface area (Å²) in [4.78, 5) is 27.4. The summed E-state index contributed by atoms with van der Waals surface area (Å²) in [5, 5.41) is 0.0485. The van der Waals surface area contributed by atoms with E-state index in [1.54, 1.807) is 6.07 Å². The fraction of sp³-hybridized carbons (Fsp3) is 0.118. The van der Waals surface area contributed by atoms with Gasteiger partial charge in [-0.15, -0.1) is 0 Å². The Morgan fingerprint density at radius 3 is 2.38 bits per heavy atom. The molecule has 0 saturated carbocycles. The first-order valence-corrected chi connectivity index (χ1v) is 8.83. The summed E-state index contributed by atoms with van der Waals surface area (Å²) in [7, 11) is -3.15. The van der Waals surface area contributed by atoms with Gasteiger partial charge in [-0.05, 0) is 24.3 Å². The van der Waals surface area contributed by atoms with Crippen LogP contribution in [0.4, 0.5) is 4.39 Å². The highest BCUT2D eigenvalue weighted by Crippen LogP contribution is 2.26. The molecule has 0 bridgehead atoms. The van der Waals surface area contributed by atoms with Crippen molar-refractivity contribution in [2.45, 2.75) is 11.8 Å². The second kappa shape index (κ2) is 6.34. The molecule has 1 aromatic carbocycles. The Morgan fingerprint density at radius 1 is 1.15 bits per heavy atom. The Morgan fingerprint density at radius 2 is 1.81 bits per heavy atom. The molecule has 134 valence electrons. The van der Waals surface area contributed by atoms with E-state index in [2.05, 4.69) is 9.72 Å². The lowest BCUT2D eigenvalue weighted by molar-refractivity contribution is 0.0593. The maximum absolute atomic E-state index is 14.1. The van der Waals surface area contributed by atoms with Crippen LogP contribution in [0.25, 0.3) is 11.0 Å². The number of Topliss-reactive ketones (excluding diaryl/α,β-unsaturated/α-hetero) is 1. The second-order valence-electron chi connectivity index (χ2n) is 5.39. The fourth-order valence-corrected chi connectivity index (χ4v) is 3.99. The van der Waals surface area contributed by atoms with E-state index in [0.29, 0.717) is 3.97 Å². The van der Waals surface area contributed by atoms with Gasteiger partial charge in [-0.3, -0.25) is 4.79 Å². The highest BCUT2D eigenvalue weighted by molar-refractivity contribution is 7.90. The Kier molecular flexibility index (Phi) is 4.33. The lowest BCUT2D eigenvalue weighted by Crippen LogP contribution is -2.20. The van der Waals surface area contributed by atoms with Crippen molar-refractivity contribution >= 4 is 32.8 Å². The number of aromatic nitrogens is 2. The molecule has 0 atom stereocenters. The molecule has 0 aliphatic carbocycles. The van der Waals surface area contributed by atoms with E-state index < -0.39 is 33.3 Å². The van der Waals surface area contributed by atoms with Gasteiger partial charge in [-0.2, -0.15) is 0 Å². The highest BCUT2D eigenvalue weighted by Gasteiger charge is 2.29. The zero-order valence-electron chi connectivity index (χ0n) is 13.8. The summed E-state index contributed by atoms with van der Waals surface area (Å²) in [6, 6.07) is 9.48. The number of methoxy groups -OCH3 is 1. The number of ketones is 1. The van der Waals surface area contributed by atoms with Crippen LogP contribution in [0, 0.1) is 5.82 Å². The van der Waals surface area contributed by atoms with Gasteiger partial charge in [0, 0.05) is 12.3 Å². The van der Waals surface area contributed by atoms with Crippen LogP contribution in [0.2, 0.25) is 0 Å². The molecule has 0 aliphatic rings. The van der Waals surface area contributed by atoms with Crippen molar-refractivity contribution in [3.8, 4) is 0 Å². The smallest absolute Gasteiger partial charge is 0.355 e. The quantitative estimate of drug-likeness (QED) is 0.513. The minimum absolute atomic E-state index is 0.0485. The van der Waals surface area contributed by atoms with Crippen LogP contribution < -0.4 is 0 Å². The van der Waals surface area contributed by atoms with Crippen LogP contribution in [-0.2, 0) is 14.8 Å². The minimum atomic E-state index is -4.24. The molecule has 0 N–H and O–H groups in total. The SMILES string of the molecule is COC(=O)c1cc2cc(F)c(C(C)=O)nc2n1S(=O)(=O)c1ccccc1. The van der Waals surface area contributed by atoms with Crippen molar-refractivity contribution in [1.29, 1.82) is 0 Å². The number of fused-ring (bicyclic) bond motifs is 1. The van der Waals surface area contributed by atoms with E-state index in [0.717, 1.165) is 26.2 Å². The summed E-state index contributed by atoms with van der Waals surface area (Å²) in [5.41, 5.74) is -1.10. The standard InChI is InChI=1S/C17H13FN2O5S/c1-10(21)15-13(18)8-11-9-14(17(22)25-2)20(16(11)19-15)26(23,24)12-6-4-3-5-7-12/h3-9H,1-2H3. The largest absolute Gasteiger partial charge is 0.464 e. The summed E-state index contributed by atoms with van der Waals surface area (Å²) >= 11 is 0. The number of rotatable bonds is 4. The van der Waals surface area contributed by atoms with Crippen LogP contribution in [0.15, 0.2) is 47.4 Å². The molecule has 9 heteroatoms. The van der Waals surface area contributed by atoms with E-state index >= 15 is 0 Å². The third-order valence-corrected chi connectivity index (χ3v) is 5.42. The fourth-order valence-electron chi connectivity index (χ4n) is 2.52. The third-order valence-electron chi connectivity index (χ3n) is 3.70. The van der Waals surface area contributed by atoms with Crippen LogP contribution in [-0.4, -0.2) is 36.2 Å². The molecule has 2 heterocycles. The minimum Gasteiger partial charge on any atom is -0.464 e. The van der Waals surface area contributed by atoms with Gasteiger partial charge in [0.15, 0.2) is 17.2 Å². The number of carbonyl (C=O) groups excluding carboxylic acids is 2. The number of benzene rings is 1. The molecule has 0 saturated heterocycles. The van der Waals surface area contributed by atoms with Crippen molar-refractivity contribution in [1.82, 2.24) is 8.96 Å². The Labute approximate surface area is 148 Å². The zero-order chi connectivity index (χ0) is 19.1. The first-order chi connectivity index (χ1) is 12.3. The molecule has 3 aromatic rings. The lowest BCUT2D eigenvalue weighted by Gasteiger charge is -2.10. The third kappa shape index (κ3) is 2.76. The molecule has 7 nitrogen and oxygen atoms in total. The summed E-state index contributed by atoms with van der Waals surface area (Å²) in [6.45, 7) is 1.11. The van der Waals surface area contributed by atoms with Crippen LogP contribution in [0.3, 0.4) is 0 Å². The lowest BCUT2D eigenvalue weighted by atomic mass is 10.2.